The van der Waals surface area contributed by atoms with Gasteiger partial charge >= 0.3 is 5.97 Å². The normalized spacial score (nSPS) is 14.5. The molecule has 2 aromatic rings. The predicted octanol–water partition coefficient (Wildman–Crippen LogP) is 3.94. The number of para-hydroxylation sites is 1. The summed E-state index contributed by atoms with van der Waals surface area (Å²) in [7, 11) is 0. The van der Waals surface area contributed by atoms with Crippen molar-refractivity contribution in [2.45, 2.75) is 13.8 Å². The molecule has 0 aromatic heterocycles. The SMILES string of the molecule is CCOc1ccc(C=C2C(=O)Oc3ccccc32)cc1OCC. The van der Waals surface area contributed by atoms with Gasteiger partial charge in [-0.25, -0.2) is 4.79 Å². The van der Waals surface area contributed by atoms with E-state index in [1.54, 1.807) is 6.07 Å². The van der Waals surface area contributed by atoms with Crippen LogP contribution < -0.4 is 14.2 Å². The second kappa shape index (κ2) is 6.57. The van der Waals surface area contributed by atoms with Gasteiger partial charge in [0.2, 0.25) is 0 Å². The van der Waals surface area contributed by atoms with E-state index in [0.717, 1.165) is 11.1 Å². The molecule has 1 aliphatic heterocycles. The van der Waals surface area contributed by atoms with E-state index in [2.05, 4.69) is 0 Å². The highest BCUT2D eigenvalue weighted by Gasteiger charge is 2.26. The molecule has 3 rings (SSSR count). The molecule has 0 bridgehead atoms. The highest BCUT2D eigenvalue weighted by molar-refractivity contribution is 6.25. The number of fused-ring (bicyclic) bond motifs is 1. The summed E-state index contributed by atoms with van der Waals surface area (Å²) in [5.74, 6) is 1.63. The summed E-state index contributed by atoms with van der Waals surface area (Å²) < 4.78 is 16.4. The zero-order valence-corrected chi connectivity index (χ0v) is 13.2. The first-order valence-corrected chi connectivity index (χ1v) is 7.65. The molecule has 4 heteroatoms. The zero-order chi connectivity index (χ0) is 16.2. The summed E-state index contributed by atoms with van der Waals surface area (Å²) in [5.41, 5.74) is 2.22. The van der Waals surface area contributed by atoms with E-state index < -0.39 is 0 Å². The van der Waals surface area contributed by atoms with Gasteiger partial charge in [-0.1, -0.05) is 24.3 Å². The molecule has 23 heavy (non-hydrogen) atoms. The van der Waals surface area contributed by atoms with Crippen LogP contribution in [0.15, 0.2) is 42.5 Å². The van der Waals surface area contributed by atoms with E-state index in [-0.39, 0.29) is 5.97 Å². The van der Waals surface area contributed by atoms with Gasteiger partial charge in [0.25, 0.3) is 0 Å². The number of benzene rings is 2. The Kier molecular flexibility index (Phi) is 4.33. The fourth-order valence-corrected chi connectivity index (χ4v) is 2.50. The van der Waals surface area contributed by atoms with Gasteiger partial charge in [0, 0.05) is 5.56 Å². The average Bonchev–Trinajstić information content (AvgIpc) is 2.86. The molecule has 1 aliphatic rings. The van der Waals surface area contributed by atoms with Crippen LogP contribution in [0.2, 0.25) is 0 Å². The number of carbonyl (C=O) groups is 1. The van der Waals surface area contributed by atoms with Crippen molar-refractivity contribution >= 4 is 17.6 Å². The van der Waals surface area contributed by atoms with Crippen LogP contribution in [-0.2, 0) is 4.79 Å². The molecule has 4 nitrogen and oxygen atoms in total. The number of carbonyl (C=O) groups excluding carboxylic acids is 1. The van der Waals surface area contributed by atoms with Crippen molar-refractivity contribution in [3.63, 3.8) is 0 Å². The predicted molar refractivity (Wildman–Crippen MR) is 88.7 cm³/mol. The lowest BCUT2D eigenvalue weighted by Crippen LogP contribution is -2.01. The van der Waals surface area contributed by atoms with E-state index in [1.165, 1.54) is 0 Å². The Balaban J connectivity index is 1.99. The number of ether oxygens (including phenoxy) is 3. The topological polar surface area (TPSA) is 44.8 Å². The van der Waals surface area contributed by atoms with Gasteiger partial charge < -0.3 is 14.2 Å². The Morgan fingerprint density at radius 3 is 2.52 bits per heavy atom. The van der Waals surface area contributed by atoms with E-state index in [0.29, 0.717) is 36.0 Å². The molecule has 118 valence electrons. The summed E-state index contributed by atoms with van der Waals surface area (Å²) in [6, 6.07) is 13.0. The Morgan fingerprint density at radius 1 is 1.00 bits per heavy atom. The minimum Gasteiger partial charge on any atom is -0.490 e. The smallest absolute Gasteiger partial charge is 0.344 e. The maximum Gasteiger partial charge on any atom is 0.344 e. The quantitative estimate of drug-likeness (QED) is 0.476. The Morgan fingerprint density at radius 2 is 1.74 bits per heavy atom. The number of hydrogen-bond donors (Lipinski definition) is 0. The summed E-state index contributed by atoms with van der Waals surface area (Å²) >= 11 is 0. The molecule has 0 aliphatic carbocycles. The van der Waals surface area contributed by atoms with Crippen LogP contribution in [0.25, 0.3) is 11.6 Å². The van der Waals surface area contributed by atoms with Crippen molar-refractivity contribution in [1.29, 1.82) is 0 Å². The molecular weight excluding hydrogens is 292 g/mol. The first kappa shape index (κ1) is 15.2. The molecule has 2 aromatic carbocycles. The van der Waals surface area contributed by atoms with Crippen LogP contribution in [0.5, 0.6) is 17.2 Å². The minimum atomic E-state index is -0.335. The highest BCUT2D eigenvalue weighted by Crippen LogP contribution is 2.36. The highest BCUT2D eigenvalue weighted by atomic mass is 16.5. The van der Waals surface area contributed by atoms with Crippen LogP contribution in [0.3, 0.4) is 0 Å². The zero-order valence-electron chi connectivity index (χ0n) is 13.2. The summed E-state index contributed by atoms with van der Waals surface area (Å²) in [4.78, 5) is 12.1. The third-order valence-electron chi connectivity index (χ3n) is 3.48. The van der Waals surface area contributed by atoms with Gasteiger partial charge in [0.15, 0.2) is 11.5 Å². The molecule has 0 atom stereocenters. The molecule has 0 spiro atoms. The largest absolute Gasteiger partial charge is 0.490 e. The Hall–Kier alpha value is -2.75. The van der Waals surface area contributed by atoms with Crippen molar-refractivity contribution in [3.8, 4) is 17.2 Å². The Bertz CT molecular complexity index is 762. The number of rotatable bonds is 5. The summed E-state index contributed by atoms with van der Waals surface area (Å²) in [6.07, 6.45) is 1.81. The van der Waals surface area contributed by atoms with E-state index >= 15 is 0 Å². The Labute approximate surface area is 135 Å². The second-order valence-electron chi connectivity index (χ2n) is 5.02. The van der Waals surface area contributed by atoms with Crippen LogP contribution in [-0.4, -0.2) is 19.2 Å². The fourth-order valence-electron chi connectivity index (χ4n) is 2.50. The van der Waals surface area contributed by atoms with Crippen molar-refractivity contribution in [1.82, 2.24) is 0 Å². The molecule has 0 saturated carbocycles. The van der Waals surface area contributed by atoms with Gasteiger partial charge in [-0.05, 0) is 43.7 Å². The van der Waals surface area contributed by atoms with E-state index in [1.807, 2.05) is 56.3 Å². The van der Waals surface area contributed by atoms with Crippen LogP contribution in [0.1, 0.15) is 25.0 Å². The molecule has 0 fully saturated rings. The van der Waals surface area contributed by atoms with Gasteiger partial charge in [0.1, 0.15) is 5.75 Å². The number of esters is 1. The number of hydrogen-bond acceptors (Lipinski definition) is 4. The fraction of sp³-hybridized carbons (Fsp3) is 0.211. The van der Waals surface area contributed by atoms with Gasteiger partial charge in [-0.3, -0.25) is 0 Å². The van der Waals surface area contributed by atoms with Gasteiger partial charge in [-0.15, -0.1) is 0 Å². The standard InChI is InChI=1S/C19H18O4/c1-3-21-17-10-9-13(12-18(17)22-4-2)11-15-14-7-5-6-8-16(14)23-19(15)20/h5-12H,3-4H2,1-2H3. The van der Waals surface area contributed by atoms with E-state index in [4.69, 9.17) is 14.2 Å². The monoisotopic (exact) mass is 310 g/mol. The average molecular weight is 310 g/mol. The lowest BCUT2D eigenvalue weighted by Gasteiger charge is -2.11. The van der Waals surface area contributed by atoms with Crippen LogP contribution >= 0.6 is 0 Å². The molecular formula is C19H18O4. The maximum atomic E-state index is 12.1. The summed E-state index contributed by atoms with van der Waals surface area (Å²) in [5, 5.41) is 0. The molecule has 0 N–H and O–H groups in total. The molecule has 0 saturated heterocycles. The van der Waals surface area contributed by atoms with Crippen LogP contribution in [0, 0.1) is 0 Å². The van der Waals surface area contributed by atoms with Crippen molar-refractivity contribution < 1.29 is 19.0 Å². The molecule has 0 amide bonds. The third-order valence-corrected chi connectivity index (χ3v) is 3.48. The van der Waals surface area contributed by atoms with Crippen molar-refractivity contribution in [2.24, 2.45) is 0 Å². The third kappa shape index (κ3) is 3.06. The molecule has 1 heterocycles. The molecule has 0 radical (unpaired) electrons. The first-order valence-electron chi connectivity index (χ1n) is 7.65. The van der Waals surface area contributed by atoms with E-state index in [9.17, 15) is 4.79 Å². The van der Waals surface area contributed by atoms with Crippen molar-refractivity contribution in [3.05, 3.63) is 53.6 Å². The van der Waals surface area contributed by atoms with Gasteiger partial charge in [0.05, 0.1) is 18.8 Å². The lowest BCUT2D eigenvalue weighted by atomic mass is 10.0. The first-order chi connectivity index (χ1) is 11.2. The minimum absolute atomic E-state index is 0.335. The van der Waals surface area contributed by atoms with Crippen LogP contribution in [0.4, 0.5) is 0 Å². The lowest BCUT2D eigenvalue weighted by molar-refractivity contribution is -0.126. The maximum absolute atomic E-state index is 12.1. The van der Waals surface area contributed by atoms with Gasteiger partial charge in [-0.2, -0.15) is 0 Å². The second-order valence-corrected chi connectivity index (χ2v) is 5.02. The molecule has 0 unspecified atom stereocenters. The van der Waals surface area contributed by atoms with Crippen molar-refractivity contribution in [2.75, 3.05) is 13.2 Å². The summed E-state index contributed by atoms with van der Waals surface area (Å²) in [6.45, 7) is 4.97.